The van der Waals surface area contributed by atoms with Crippen molar-refractivity contribution in [3.8, 4) is 16.9 Å². The predicted octanol–water partition coefficient (Wildman–Crippen LogP) is 9.33. The van der Waals surface area contributed by atoms with Crippen molar-refractivity contribution < 1.29 is 17.9 Å². The number of halogens is 3. The summed E-state index contributed by atoms with van der Waals surface area (Å²) in [5.41, 5.74) is 3.25. The smallest absolute Gasteiger partial charge is 0.166 e. The molecule has 0 spiro atoms. The van der Waals surface area contributed by atoms with Crippen LogP contribution >= 0.6 is 0 Å². The lowest BCUT2D eigenvalue weighted by atomic mass is 9.76. The van der Waals surface area contributed by atoms with E-state index in [2.05, 4.69) is 6.58 Å². The first-order chi connectivity index (χ1) is 17.5. The number of hydrogen-bond acceptors (Lipinski definition) is 1. The van der Waals surface area contributed by atoms with E-state index in [1.807, 2.05) is 49.4 Å². The zero-order chi connectivity index (χ0) is 25.5. The van der Waals surface area contributed by atoms with Gasteiger partial charge in [0.05, 0.1) is 6.61 Å². The van der Waals surface area contributed by atoms with Crippen molar-refractivity contribution in [2.24, 2.45) is 5.92 Å². The van der Waals surface area contributed by atoms with Crippen molar-refractivity contribution in [3.05, 3.63) is 101 Å². The lowest BCUT2D eigenvalue weighted by molar-refractivity contribution is 0.301. The van der Waals surface area contributed by atoms with Crippen molar-refractivity contribution >= 4 is 0 Å². The molecule has 0 bridgehead atoms. The summed E-state index contributed by atoms with van der Waals surface area (Å²) in [7, 11) is 0. The van der Waals surface area contributed by atoms with Gasteiger partial charge in [-0.15, -0.1) is 6.58 Å². The van der Waals surface area contributed by atoms with Crippen molar-refractivity contribution in [3.63, 3.8) is 0 Å². The maximum absolute atomic E-state index is 14.8. The molecule has 4 rings (SSSR count). The highest BCUT2D eigenvalue weighted by Gasteiger charge is 2.25. The van der Waals surface area contributed by atoms with E-state index in [4.69, 9.17) is 4.74 Å². The average Bonchev–Trinajstić information content (AvgIpc) is 2.89. The van der Waals surface area contributed by atoms with Crippen LogP contribution < -0.4 is 4.74 Å². The van der Waals surface area contributed by atoms with Crippen LogP contribution in [0.2, 0.25) is 0 Å². The van der Waals surface area contributed by atoms with Crippen LogP contribution in [0.3, 0.4) is 0 Å². The number of benzene rings is 3. The summed E-state index contributed by atoms with van der Waals surface area (Å²) >= 11 is 0. The Bertz CT molecular complexity index is 1160. The lowest BCUT2D eigenvalue weighted by Gasteiger charge is -2.29. The van der Waals surface area contributed by atoms with Gasteiger partial charge < -0.3 is 4.74 Å². The van der Waals surface area contributed by atoms with Gasteiger partial charge in [0.25, 0.3) is 0 Å². The number of allylic oxidation sites excluding steroid dienone is 1. The van der Waals surface area contributed by atoms with Crippen LogP contribution in [0.1, 0.15) is 67.6 Å². The first-order valence-electron chi connectivity index (χ1n) is 13.0. The Morgan fingerprint density at radius 3 is 2.36 bits per heavy atom. The molecule has 0 saturated heterocycles. The molecule has 0 aromatic heterocycles. The number of rotatable bonds is 10. The fraction of sp³-hybridized carbons (Fsp3) is 0.375. The number of unbranched alkanes of at least 4 members (excludes halogenated alkanes) is 1. The molecule has 0 unspecified atom stereocenters. The summed E-state index contributed by atoms with van der Waals surface area (Å²) in [6, 6.07) is 16.0. The molecule has 36 heavy (non-hydrogen) atoms. The summed E-state index contributed by atoms with van der Waals surface area (Å²) in [6.45, 7) is 6.21. The van der Waals surface area contributed by atoms with E-state index in [9.17, 15) is 13.2 Å². The quantitative estimate of drug-likeness (QED) is 0.202. The molecule has 3 aromatic rings. The second kappa shape index (κ2) is 12.3. The zero-order valence-corrected chi connectivity index (χ0v) is 21.0. The summed E-state index contributed by atoms with van der Waals surface area (Å²) in [5.74, 6) is -0.517. The molecule has 1 aliphatic carbocycles. The van der Waals surface area contributed by atoms with E-state index in [0.717, 1.165) is 56.1 Å². The van der Waals surface area contributed by atoms with Crippen LogP contribution in [0.25, 0.3) is 11.1 Å². The Morgan fingerprint density at radius 2 is 1.67 bits per heavy atom. The van der Waals surface area contributed by atoms with Gasteiger partial charge in [-0.3, -0.25) is 0 Å². The van der Waals surface area contributed by atoms with Crippen molar-refractivity contribution in [1.29, 1.82) is 0 Å². The van der Waals surface area contributed by atoms with Gasteiger partial charge in [0.2, 0.25) is 0 Å². The molecule has 1 fully saturated rings. The minimum atomic E-state index is -0.774. The second-order valence-electron chi connectivity index (χ2n) is 9.99. The number of hydrogen-bond donors (Lipinski definition) is 0. The maximum atomic E-state index is 14.8. The molecule has 1 saturated carbocycles. The Hall–Kier alpha value is -3.01. The Morgan fingerprint density at radius 1 is 0.917 bits per heavy atom. The molecule has 0 aliphatic heterocycles. The topological polar surface area (TPSA) is 9.23 Å². The molecule has 3 aromatic carbocycles. The first-order valence-corrected chi connectivity index (χ1v) is 13.0. The predicted molar refractivity (Wildman–Crippen MR) is 141 cm³/mol. The average molecular weight is 493 g/mol. The van der Waals surface area contributed by atoms with Crippen LogP contribution in [0.4, 0.5) is 13.2 Å². The fourth-order valence-electron chi connectivity index (χ4n) is 5.21. The summed E-state index contributed by atoms with van der Waals surface area (Å²) in [6.07, 6.45) is 8.67. The highest BCUT2D eigenvalue weighted by molar-refractivity contribution is 5.65. The molecule has 1 nitrogen and oxygen atoms in total. The van der Waals surface area contributed by atoms with E-state index in [1.54, 1.807) is 12.1 Å². The van der Waals surface area contributed by atoms with Crippen molar-refractivity contribution in [2.75, 3.05) is 6.61 Å². The molecule has 0 atom stereocenters. The SMILES string of the molecule is C=CCCCOc1ccc(C2CCC(CCc3ccc(-c4ccc(C)cc4)c(F)c3F)CC2)c(F)c1. The van der Waals surface area contributed by atoms with E-state index in [0.29, 0.717) is 41.4 Å². The molecule has 4 heteroatoms. The highest BCUT2D eigenvalue weighted by Crippen LogP contribution is 2.39. The Balaban J connectivity index is 1.29. The van der Waals surface area contributed by atoms with E-state index < -0.39 is 11.6 Å². The lowest BCUT2D eigenvalue weighted by Crippen LogP contribution is -2.15. The standard InChI is InChI=1S/C32H35F3O/c1-3-4-5-20-36-27-17-19-28(30(33)21-27)24-13-8-23(9-14-24)10-15-26-16-18-29(32(35)31(26)34)25-11-6-22(2)7-12-25/h3,6-7,11-12,16-19,21,23-24H,1,4-5,8-10,13-15,20H2,2H3. The van der Waals surface area contributed by atoms with E-state index in [1.165, 1.54) is 6.07 Å². The van der Waals surface area contributed by atoms with Crippen LogP contribution in [0.15, 0.2) is 67.3 Å². The second-order valence-corrected chi connectivity index (χ2v) is 9.99. The molecule has 1 aliphatic rings. The van der Waals surface area contributed by atoms with Gasteiger partial charge in [-0.1, -0.05) is 54.1 Å². The van der Waals surface area contributed by atoms with Gasteiger partial charge in [-0.05, 0) is 92.9 Å². The summed E-state index contributed by atoms with van der Waals surface area (Å²) in [4.78, 5) is 0. The molecular weight excluding hydrogens is 457 g/mol. The molecule has 190 valence electrons. The van der Waals surface area contributed by atoms with Gasteiger partial charge in [-0.25, -0.2) is 13.2 Å². The molecular formula is C32H35F3O. The fourth-order valence-corrected chi connectivity index (χ4v) is 5.21. The van der Waals surface area contributed by atoms with Crippen LogP contribution in [-0.2, 0) is 6.42 Å². The molecule has 0 heterocycles. The van der Waals surface area contributed by atoms with Crippen LogP contribution in [0, 0.1) is 30.3 Å². The summed E-state index contributed by atoms with van der Waals surface area (Å²) < 4.78 is 50.0. The third kappa shape index (κ3) is 6.40. The number of aryl methyl sites for hydroxylation is 2. The van der Waals surface area contributed by atoms with Crippen molar-refractivity contribution in [2.45, 2.75) is 64.2 Å². The largest absolute Gasteiger partial charge is 0.493 e. The Kier molecular flexibility index (Phi) is 8.90. The van der Waals surface area contributed by atoms with Gasteiger partial charge in [-0.2, -0.15) is 0 Å². The van der Waals surface area contributed by atoms with Crippen LogP contribution in [-0.4, -0.2) is 6.61 Å². The summed E-state index contributed by atoms with van der Waals surface area (Å²) in [5, 5.41) is 0. The van der Waals surface area contributed by atoms with Gasteiger partial charge in [0, 0.05) is 11.6 Å². The molecule has 0 N–H and O–H groups in total. The normalized spacial score (nSPS) is 17.7. The van der Waals surface area contributed by atoms with E-state index >= 15 is 0 Å². The maximum Gasteiger partial charge on any atom is 0.166 e. The number of ether oxygens (including phenoxy) is 1. The van der Waals surface area contributed by atoms with Gasteiger partial charge >= 0.3 is 0 Å². The first kappa shape index (κ1) is 26.1. The molecule has 0 radical (unpaired) electrons. The third-order valence-corrected chi connectivity index (χ3v) is 7.43. The van der Waals surface area contributed by atoms with Gasteiger partial charge in [0.1, 0.15) is 11.6 Å². The van der Waals surface area contributed by atoms with Gasteiger partial charge in [0.15, 0.2) is 11.6 Å². The monoisotopic (exact) mass is 492 g/mol. The molecule has 0 amide bonds. The van der Waals surface area contributed by atoms with Crippen molar-refractivity contribution in [1.82, 2.24) is 0 Å². The minimum Gasteiger partial charge on any atom is -0.493 e. The Labute approximate surface area is 213 Å². The van der Waals surface area contributed by atoms with E-state index in [-0.39, 0.29) is 11.7 Å². The minimum absolute atomic E-state index is 0.194. The zero-order valence-electron chi connectivity index (χ0n) is 21.0. The third-order valence-electron chi connectivity index (χ3n) is 7.43. The van der Waals surface area contributed by atoms with Crippen LogP contribution in [0.5, 0.6) is 5.75 Å². The highest BCUT2D eigenvalue weighted by atomic mass is 19.2.